The summed E-state index contributed by atoms with van der Waals surface area (Å²) in [5.41, 5.74) is -0.468. The minimum atomic E-state index is -0.468. The number of aliphatic hydroxyl groups is 1. The van der Waals surface area contributed by atoms with Gasteiger partial charge in [0.1, 0.15) is 0 Å². The fourth-order valence-electron chi connectivity index (χ4n) is 3.05. The van der Waals surface area contributed by atoms with Crippen LogP contribution in [0.2, 0.25) is 0 Å². The summed E-state index contributed by atoms with van der Waals surface area (Å²) >= 11 is 0. The quantitative estimate of drug-likeness (QED) is 0.670. The predicted molar refractivity (Wildman–Crippen MR) is 56.8 cm³/mol. The zero-order valence-electron chi connectivity index (χ0n) is 8.87. The molecule has 2 heterocycles. The first-order chi connectivity index (χ1) is 6.64. The van der Waals surface area contributed by atoms with Gasteiger partial charge in [-0.05, 0) is 39.2 Å². The number of fused-ring (bicyclic) bond motifs is 2. The summed E-state index contributed by atoms with van der Waals surface area (Å²) in [7, 11) is 2.18. The van der Waals surface area contributed by atoms with Gasteiger partial charge >= 0.3 is 0 Å². The molecule has 2 fully saturated rings. The van der Waals surface area contributed by atoms with Crippen LogP contribution in [0.25, 0.3) is 0 Å². The second-order valence-electron chi connectivity index (χ2n) is 4.89. The van der Waals surface area contributed by atoms with Gasteiger partial charge in [0, 0.05) is 18.5 Å². The minimum Gasteiger partial charge on any atom is -0.390 e. The van der Waals surface area contributed by atoms with E-state index < -0.39 is 5.60 Å². The van der Waals surface area contributed by atoms with Crippen molar-refractivity contribution in [3.8, 4) is 12.3 Å². The molecule has 0 saturated carbocycles. The fraction of sp³-hybridized carbons (Fsp3) is 0.833. The van der Waals surface area contributed by atoms with Crippen molar-refractivity contribution in [2.75, 3.05) is 7.05 Å². The van der Waals surface area contributed by atoms with Crippen molar-refractivity contribution in [2.24, 2.45) is 0 Å². The molecule has 0 aromatic carbocycles. The Labute approximate surface area is 86.3 Å². The van der Waals surface area contributed by atoms with Crippen molar-refractivity contribution < 1.29 is 5.11 Å². The van der Waals surface area contributed by atoms with Gasteiger partial charge < -0.3 is 10.0 Å². The number of rotatable bonds is 2. The Hall–Kier alpha value is -0.520. The molecule has 78 valence electrons. The zero-order valence-corrected chi connectivity index (χ0v) is 8.87. The molecule has 0 aromatic heterocycles. The molecule has 2 aliphatic heterocycles. The topological polar surface area (TPSA) is 23.5 Å². The van der Waals surface area contributed by atoms with Crippen molar-refractivity contribution in [1.82, 2.24) is 4.90 Å². The molecule has 0 aromatic rings. The van der Waals surface area contributed by atoms with Crippen LogP contribution in [0.15, 0.2) is 0 Å². The van der Waals surface area contributed by atoms with E-state index >= 15 is 0 Å². The summed E-state index contributed by atoms with van der Waals surface area (Å²) < 4.78 is 0. The average Bonchev–Trinajstić information content (AvgIpc) is 2.41. The van der Waals surface area contributed by atoms with E-state index in [1.54, 1.807) is 0 Å². The highest BCUT2D eigenvalue weighted by Gasteiger charge is 2.45. The standard InChI is InChI=1S/C12H19NO/c1-3-4-7-12(14)8-10-5-6-11(9-12)13(10)2/h1,10-11,14H,4-9H2,2H3. The number of piperidine rings is 1. The van der Waals surface area contributed by atoms with Gasteiger partial charge in [-0.3, -0.25) is 0 Å². The van der Waals surface area contributed by atoms with Crippen molar-refractivity contribution in [2.45, 2.75) is 56.2 Å². The molecule has 2 rings (SSSR count). The van der Waals surface area contributed by atoms with Crippen LogP contribution in [0.3, 0.4) is 0 Å². The van der Waals surface area contributed by atoms with Gasteiger partial charge in [0.15, 0.2) is 0 Å². The summed E-state index contributed by atoms with van der Waals surface area (Å²) in [6.45, 7) is 0. The van der Waals surface area contributed by atoms with Crippen LogP contribution in [0.5, 0.6) is 0 Å². The largest absolute Gasteiger partial charge is 0.390 e. The summed E-state index contributed by atoms with van der Waals surface area (Å²) in [5.74, 6) is 2.63. The highest BCUT2D eigenvalue weighted by Crippen LogP contribution is 2.41. The molecular formula is C12H19NO. The molecule has 2 nitrogen and oxygen atoms in total. The highest BCUT2D eigenvalue weighted by molar-refractivity contribution is 5.02. The van der Waals surface area contributed by atoms with E-state index in [-0.39, 0.29) is 0 Å². The maximum atomic E-state index is 10.4. The second-order valence-corrected chi connectivity index (χ2v) is 4.89. The Balaban J connectivity index is 2.01. The molecule has 0 radical (unpaired) electrons. The lowest BCUT2D eigenvalue weighted by Crippen LogP contribution is -2.49. The summed E-state index contributed by atoms with van der Waals surface area (Å²) in [6, 6.07) is 1.19. The number of hydrogen-bond donors (Lipinski definition) is 1. The monoisotopic (exact) mass is 193 g/mol. The SMILES string of the molecule is C#CCCC1(O)CC2CCC(C1)N2C. The Bertz CT molecular complexity index is 242. The van der Waals surface area contributed by atoms with Gasteiger partial charge in [0.25, 0.3) is 0 Å². The van der Waals surface area contributed by atoms with Crippen molar-refractivity contribution >= 4 is 0 Å². The van der Waals surface area contributed by atoms with Crippen LogP contribution in [0.1, 0.15) is 38.5 Å². The third-order valence-corrected chi connectivity index (χ3v) is 3.95. The Kier molecular flexibility index (Phi) is 2.55. The van der Waals surface area contributed by atoms with Crippen molar-refractivity contribution in [3.63, 3.8) is 0 Å². The first kappa shape index (κ1) is 10.0. The van der Waals surface area contributed by atoms with Crippen LogP contribution in [-0.2, 0) is 0 Å². The van der Waals surface area contributed by atoms with E-state index in [2.05, 4.69) is 17.9 Å². The molecule has 1 N–H and O–H groups in total. The van der Waals surface area contributed by atoms with Crippen LogP contribution >= 0.6 is 0 Å². The molecule has 2 heteroatoms. The Morgan fingerprint density at radius 2 is 2.00 bits per heavy atom. The van der Waals surface area contributed by atoms with E-state index in [1.165, 1.54) is 12.8 Å². The lowest BCUT2D eigenvalue weighted by Gasteiger charge is -2.42. The van der Waals surface area contributed by atoms with E-state index in [4.69, 9.17) is 6.42 Å². The lowest BCUT2D eigenvalue weighted by atomic mass is 9.83. The van der Waals surface area contributed by atoms with Crippen molar-refractivity contribution in [3.05, 3.63) is 0 Å². The number of nitrogens with zero attached hydrogens (tertiary/aromatic N) is 1. The van der Waals surface area contributed by atoms with Gasteiger partial charge in [-0.25, -0.2) is 0 Å². The molecule has 0 spiro atoms. The van der Waals surface area contributed by atoms with Crippen LogP contribution in [0, 0.1) is 12.3 Å². The summed E-state index contributed by atoms with van der Waals surface area (Å²) in [5, 5.41) is 10.4. The fourth-order valence-corrected chi connectivity index (χ4v) is 3.05. The first-order valence-electron chi connectivity index (χ1n) is 5.52. The molecular weight excluding hydrogens is 174 g/mol. The number of terminal acetylenes is 1. The van der Waals surface area contributed by atoms with Gasteiger partial charge in [0.05, 0.1) is 5.60 Å². The zero-order chi connectivity index (χ0) is 10.2. The average molecular weight is 193 g/mol. The molecule has 2 saturated heterocycles. The summed E-state index contributed by atoms with van der Waals surface area (Å²) in [4.78, 5) is 2.43. The molecule has 2 unspecified atom stereocenters. The smallest absolute Gasteiger partial charge is 0.0686 e. The Morgan fingerprint density at radius 1 is 1.43 bits per heavy atom. The van der Waals surface area contributed by atoms with Crippen molar-refractivity contribution in [1.29, 1.82) is 0 Å². The third kappa shape index (κ3) is 1.67. The minimum absolute atomic E-state index is 0.468. The normalized spacial score (nSPS) is 42.4. The van der Waals surface area contributed by atoms with Crippen LogP contribution in [0.4, 0.5) is 0 Å². The van der Waals surface area contributed by atoms with Gasteiger partial charge in [0.2, 0.25) is 0 Å². The molecule has 2 aliphatic rings. The van der Waals surface area contributed by atoms with E-state index in [0.29, 0.717) is 18.5 Å². The lowest BCUT2D eigenvalue weighted by molar-refractivity contribution is -0.0489. The first-order valence-corrected chi connectivity index (χ1v) is 5.52. The van der Waals surface area contributed by atoms with Crippen LogP contribution in [-0.4, -0.2) is 34.7 Å². The van der Waals surface area contributed by atoms with E-state index in [9.17, 15) is 5.11 Å². The maximum Gasteiger partial charge on any atom is 0.0686 e. The Morgan fingerprint density at radius 3 is 2.50 bits per heavy atom. The summed E-state index contributed by atoms with van der Waals surface area (Å²) in [6.07, 6.45) is 11.1. The molecule has 0 amide bonds. The number of hydrogen-bond acceptors (Lipinski definition) is 2. The third-order valence-electron chi connectivity index (χ3n) is 3.95. The molecule has 14 heavy (non-hydrogen) atoms. The van der Waals surface area contributed by atoms with Gasteiger partial charge in [-0.15, -0.1) is 12.3 Å². The van der Waals surface area contributed by atoms with E-state index in [1.807, 2.05) is 0 Å². The van der Waals surface area contributed by atoms with Crippen LogP contribution < -0.4 is 0 Å². The highest BCUT2D eigenvalue weighted by atomic mass is 16.3. The second kappa shape index (κ2) is 3.56. The molecule has 0 aliphatic carbocycles. The predicted octanol–water partition coefficient (Wildman–Crippen LogP) is 1.39. The van der Waals surface area contributed by atoms with Gasteiger partial charge in [-0.1, -0.05) is 0 Å². The molecule has 2 atom stereocenters. The van der Waals surface area contributed by atoms with E-state index in [0.717, 1.165) is 19.3 Å². The van der Waals surface area contributed by atoms with Gasteiger partial charge in [-0.2, -0.15) is 0 Å². The molecule has 2 bridgehead atoms. The maximum absolute atomic E-state index is 10.4.